The van der Waals surface area contributed by atoms with E-state index >= 15 is 0 Å². The summed E-state index contributed by atoms with van der Waals surface area (Å²) in [7, 11) is 0. The monoisotopic (exact) mass is 426 g/mol. The minimum Gasteiger partial charge on any atom is -0.493 e. The molecule has 1 unspecified atom stereocenters. The summed E-state index contributed by atoms with van der Waals surface area (Å²) < 4.78 is 6.11. The van der Waals surface area contributed by atoms with Crippen LogP contribution < -0.4 is 0 Å². The van der Waals surface area contributed by atoms with Crippen LogP contribution in [-0.4, -0.2) is 36.4 Å². The number of Topliss-reactive ketones (excluding diaryl/α,β-unsaturated/α-hetero) is 1. The van der Waals surface area contributed by atoms with Crippen LogP contribution >= 0.6 is 11.6 Å². The summed E-state index contributed by atoms with van der Waals surface area (Å²) in [5.74, 6) is -0.152. The van der Waals surface area contributed by atoms with Crippen molar-refractivity contribution >= 4 is 17.4 Å². The molecule has 0 aliphatic rings. The average Bonchev–Trinajstić information content (AvgIpc) is 3.40. The number of benzene rings is 1. The zero-order valence-corrected chi connectivity index (χ0v) is 17.2. The maximum atomic E-state index is 11.8. The number of halogens is 1. The molecule has 4 N–H and O–H groups in total. The van der Waals surface area contributed by atoms with Crippen molar-refractivity contribution in [2.24, 2.45) is 0 Å². The lowest BCUT2D eigenvalue weighted by Gasteiger charge is -2.15. The summed E-state index contributed by atoms with van der Waals surface area (Å²) in [5, 5.41) is 34.3. The second-order valence-corrected chi connectivity index (χ2v) is 7.45. The van der Waals surface area contributed by atoms with Crippen molar-refractivity contribution in [1.82, 2.24) is 20.4 Å². The number of nitrogens with one attached hydrogen (secondary N) is 2. The zero-order valence-electron chi connectivity index (χ0n) is 16.4. The Morgan fingerprint density at radius 3 is 2.47 bits per heavy atom. The van der Waals surface area contributed by atoms with Crippen molar-refractivity contribution < 1.29 is 19.4 Å². The molecule has 8 nitrogen and oxygen atoms in total. The van der Waals surface area contributed by atoms with E-state index in [9.17, 15) is 15.0 Å². The summed E-state index contributed by atoms with van der Waals surface area (Å²) in [5.41, 5.74) is 3.19. The number of carbonyl (C=O) groups excluding carboxylic acids is 1. The highest BCUT2D eigenvalue weighted by Crippen LogP contribution is 2.43. The molecule has 0 spiro atoms. The average molecular weight is 427 g/mol. The molecule has 0 radical (unpaired) electrons. The maximum Gasteiger partial charge on any atom is 0.234 e. The molecule has 0 saturated heterocycles. The van der Waals surface area contributed by atoms with E-state index in [0.717, 1.165) is 0 Å². The minimum atomic E-state index is -0.657. The molecule has 0 amide bonds. The van der Waals surface area contributed by atoms with E-state index in [0.29, 0.717) is 50.2 Å². The zero-order chi connectivity index (χ0) is 21.6. The Morgan fingerprint density at radius 2 is 1.87 bits per heavy atom. The number of aromatic amines is 2. The molecule has 4 rings (SSSR count). The highest BCUT2D eigenvalue weighted by Gasteiger charge is 2.32. The molecule has 0 aliphatic heterocycles. The Morgan fingerprint density at radius 1 is 1.10 bits per heavy atom. The molecule has 0 bridgehead atoms. The second kappa shape index (κ2) is 7.38. The van der Waals surface area contributed by atoms with E-state index < -0.39 is 5.92 Å². The first-order valence-corrected chi connectivity index (χ1v) is 9.54. The smallest absolute Gasteiger partial charge is 0.234 e. The molecule has 0 aliphatic carbocycles. The van der Waals surface area contributed by atoms with Crippen molar-refractivity contribution in [1.29, 1.82) is 0 Å². The fourth-order valence-electron chi connectivity index (χ4n) is 3.59. The number of hydrogen-bond donors (Lipinski definition) is 4. The number of aryl methyl sites for hydroxylation is 2. The fraction of sp³-hybridized carbons (Fsp3) is 0.190. The summed E-state index contributed by atoms with van der Waals surface area (Å²) >= 11 is 6.11. The molecule has 4 aromatic rings. The Bertz CT molecular complexity index is 1170. The van der Waals surface area contributed by atoms with Crippen LogP contribution in [0.2, 0.25) is 5.02 Å². The highest BCUT2D eigenvalue weighted by molar-refractivity contribution is 6.34. The molecule has 1 atom stereocenters. The van der Waals surface area contributed by atoms with Crippen molar-refractivity contribution in [2.45, 2.75) is 26.7 Å². The van der Waals surface area contributed by atoms with Crippen LogP contribution in [0.5, 0.6) is 11.8 Å². The SMILES string of the molecule is CC(=O)c1cc(-c2ccc(C(c3c(O)n[nH]c3C)c3c(C)n[nH]c3O)o2)ccc1Cl. The van der Waals surface area contributed by atoms with Gasteiger partial charge in [-0.15, -0.1) is 5.10 Å². The Kier molecular flexibility index (Phi) is 4.87. The molecule has 154 valence electrons. The number of aromatic nitrogens is 4. The summed E-state index contributed by atoms with van der Waals surface area (Å²) in [6.45, 7) is 4.96. The predicted octanol–water partition coefficient (Wildman–Crippen LogP) is 4.46. The van der Waals surface area contributed by atoms with Gasteiger partial charge in [0.15, 0.2) is 5.78 Å². The van der Waals surface area contributed by atoms with Crippen molar-refractivity contribution in [3.8, 4) is 23.1 Å². The number of furan rings is 1. The third-order valence-electron chi connectivity index (χ3n) is 5.07. The molecular formula is C21H19ClN4O4. The van der Waals surface area contributed by atoms with Gasteiger partial charge in [0.25, 0.3) is 0 Å². The van der Waals surface area contributed by atoms with E-state index in [1.807, 2.05) is 0 Å². The first kappa shape index (κ1) is 19.8. The predicted molar refractivity (Wildman–Crippen MR) is 110 cm³/mol. The number of H-pyrrole nitrogens is 2. The minimum absolute atomic E-state index is 0.124. The Balaban J connectivity index is 1.86. The molecule has 3 aromatic heterocycles. The van der Waals surface area contributed by atoms with Gasteiger partial charge in [-0.2, -0.15) is 5.10 Å². The van der Waals surface area contributed by atoms with Gasteiger partial charge in [0.05, 0.1) is 27.8 Å². The molecular weight excluding hydrogens is 408 g/mol. The van der Waals surface area contributed by atoms with Crippen LogP contribution in [0.25, 0.3) is 11.3 Å². The lowest BCUT2D eigenvalue weighted by atomic mass is 9.89. The van der Waals surface area contributed by atoms with Gasteiger partial charge < -0.3 is 14.6 Å². The van der Waals surface area contributed by atoms with Crippen molar-refractivity contribution in [3.05, 3.63) is 69.2 Å². The van der Waals surface area contributed by atoms with Crippen molar-refractivity contribution in [3.63, 3.8) is 0 Å². The number of ketones is 1. The van der Waals surface area contributed by atoms with Crippen LogP contribution in [0.4, 0.5) is 0 Å². The lowest BCUT2D eigenvalue weighted by Crippen LogP contribution is -2.04. The first-order valence-electron chi connectivity index (χ1n) is 9.16. The van der Waals surface area contributed by atoms with Gasteiger partial charge in [-0.3, -0.25) is 9.89 Å². The molecule has 9 heteroatoms. The fourth-order valence-corrected chi connectivity index (χ4v) is 3.84. The third-order valence-corrected chi connectivity index (χ3v) is 5.40. The lowest BCUT2D eigenvalue weighted by molar-refractivity contribution is 0.101. The van der Waals surface area contributed by atoms with Crippen LogP contribution in [0.3, 0.4) is 0 Å². The number of carbonyl (C=O) groups is 1. The van der Waals surface area contributed by atoms with E-state index in [-0.39, 0.29) is 17.5 Å². The van der Waals surface area contributed by atoms with E-state index in [2.05, 4.69) is 20.4 Å². The number of nitrogens with zero attached hydrogens (tertiary/aromatic N) is 2. The van der Waals surface area contributed by atoms with Crippen LogP contribution in [-0.2, 0) is 0 Å². The van der Waals surface area contributed by atoms with Gasteiger partial charge in [0.1, 0.15) is 11.5 Å². The van der Waals surface area contributed by atoms with Gasteiger partial charge in [-0.25, -0.2) is 5.10 Å². The Labute approximate surface area is 176 Å². The van der Waals surface area contributed by atoms with Crippen LogP contribution in [0, 0.1) is 13.8 Å². The Hall–Kier alpha value is -3.52. The molecule has 0 saturated carbocycles. The van der Waals surface area contributed by atoms with E-state index in [4.69, 9.17) is 16.0 Å². The van der Waals surface area contributed by atoms with E-state index in [1.54, 1.807) is 44.2 Å². The topological polar surface area (TPSA) is 128 Å². The maximum absolute atomic E-state index is 11.8. The summed E-state index contributed by atoms with van der Waals surface area (Å²) in [6.07, 6.45) is 0. The van der Waals surface area contributed by atoms with E-state index in [1.165, 1.54) is 6.92 Å². The quantitative estimate of drug-likeness (QED) is 0.349. The number of aromatic hydroxyl groups is 2. The van der Waals surface area contributed by atoms with Gasteiger partial charge in [-0.05, 0) is 51.1 Å². The normalized spacial score (nSPS) is 11.4. The number of hydrogen-bond acceptors (Lipinski definition) is 6. The van der Waals surface area contributed by atoms with Crippen molar-refractivity contribution in [2.75, 3.05) is 0 Å². The molecule has 3 heterocycles. The van der Waals surface area contributed by atoms with Crippen LogP contribution in [0.15, 0.2) is 34.7 Å². The largest absolute Gasteiger partial charge is 0.493 e. The van der Waals surface area contributed by atoms with Gasteiger partial charge in [0, 0.05) is 16.8 Å². The molecule has 0 fully saturated rings. The van der Waals surface area contributed by atoms with Gasteiger partial charge >= 0.3 is 0 Å². The van der Waals surface area contributed by atoms with Crippen LogP contribution in [0.1, 0.15) is 51.5 Å². The third kappa shape index (κ3) is 3.25. The molecule has 30 heavy (non-hydrogen) atoms. The summed E-state index contributed by atoms with van der Waals surface area (Å²) in [6, 6.07) is 8.58. The van der Waals surface area contributed by atoms with Gasteiger partial charge in [-0.1, -0.05) is 11.6 Å². The second-order valence-electron chi connectivity index (χ2n) is 7.04. The molecule has 1 aromatic carbocycles. The summed E-state index contributed by atoms with van der Waals surface area (Å²) in [4.78, 5) is 11.8. The highest BCUT2D eigenvalue weighted by atomic mass is 35.5. The standard InChI is InChI=1S/C21H19ClN4O4/c1-9-17(20(28)25-23-9)19(18-10(2)24-26-21(18)29)16-7-6-15(30-16)12-4-5-14(22)13(8-12)11(3)27/h4-8,19H,1-3H3,(H2,23,25,28)(H2,24,26,29). The van der Waals surface area contributed by atoms with Gasteiger partial charge in [0.2, 0.25) is 11.8 Å². The number of rotatable bonds is 5. The first-order chi connectivity index (χ1) is 14.3.